The van der Waals surface area contributed by atoms with Gasteiger partial charge in [0.25, 0.3) is 0 Å². The summed E-state index contributed by atoms with van der Waals surface area (Å²) in [5, 5.41) is 8.13. The van der Waals surface area contributed by atoms with Crippen molar-refractivity contribution in [3.8, 4) is 17.3 Å². The molecule has 3 aromatic heterocycles. The van der Waals surface area contributed by atoms with E-state index in [4.69, 9.17) is 13.8 Å². The number of pyridine rings is 1. The van der Waals surface area contributed by atoms with Gasteiger partial charge in [-0.25, -0.2) is 4.98 Å². The Morgan fingerprint density at radius 3 is 2.74 bits per heavy atom. The Morgan fingerprint density at radius 1 is 1.13 bits per heavy atom. The molecular weight excluding hydrogens is 296 g/mol. The summed E-state index contributed by atoms with van der Waals surface area (Å²) in [4.78, 5) is 8.52. The van der Waals surface area contributed by atoms with Gasteiger partial charge in [0.2, 0.25) is 17.6 Å². The average molecular weight is 314 g/mol. The van der Waals surface area contributed by atoms with E-state index < -0.39 is 0 Å². The number of aryl methyl sites for hydroxylation is 2. The van der Waals surface area contributed by atoms with Gasteiger partial charge < -0.3 is 13.8 Å². The first kappa shape index (κ1) is 15.2. The first-order valence-electron chi connectivity index (χ1n) is 7.54. The van der Waals surface area contributed by atoms with E-state index in [9.17, 15) is 0 Å². The molecule has 3 rings (SSSR count). The molecule has 0 aliphatic heterocycles. The van der Waals surface area contributed by atoms with Gasteiger partial charge in [-0.1, -0.05) is 24.2 Å². The quantitative estimate of drug-likeness (QED) is 0.691. The highest BCUT2D eigenvalue weighted by Gasteiger charge is 2.18. The van der Waals surface area contributed by atoms with Crippen LogP contribution in [-0.2, 0) is 19.3 Å². The van der Waals surface area contributed by atoms with Gasteiger partial charge in [0.15, 0.2) is 0 Å². The summed E-state index contributed by atoms with van der Waals surface area (Å²) in [5.41, 5.74) is 2.77. The topological polar surface area (TPSA) is 87.1 Å². The maximum Gasteiger partial charge on any atom is 0.231 e. The molecule has 0 spiro atoms. The number of nitrogens with zero attached hydrogens (tertiary/aromatic N) is 4. The minimum atomic E-state index is 0.508. The van der Waals surface area contributed by atoms with Gasteiger partial charge in [-0.05, 0) is 12.5 Å². The van der Waals surface area contributed by atoms with Crippen molar-refractivity contribution in [3.05, 3.63) is 41.2 Å². The molecule has 0 saturated heterocycles. The van der Waals surface area contributed by atoms with E-state index >= 15 is 0 Å². The summed E-state index contributed by atoms with van der Waals surface area (Å²) < 4.78 is 15.8. The molecule has 0 bridgehead atoms. The van der Waals surface area contributed by atoms with Crippen molar-refractivity contribution in [3.63, 3.8) is 0 Å². The van der Waals surface area contributed by atoms with Crippen LogP contribution in [0.5, 0.6) is 5.88 Å². The van der Waals surface area contributed by atoms with Crippen molar-refractivity contribution in [2.24, 2.45) is 0 Å². The van der Waals surface area contributed by atoms with Crippen molar-refractivity contribution < 1.29 is 13.8 Å². The monoisotopic (exact) mass is 314 g/mol. The minimum absolute atomic E-state index is 0.508. The number of hydrogen-bond acceptors (Lipinski definition) is 7. The maximum atomic E-state index is 5.37. The molecule has 120 valence electrons. The second-order valence-corrected chi connectivity index (χ2v) is 5.01. The van der Waals surface area contributed by atoms with Crippen LogP contribution in [0.25, 0.3) is 11.4 Å². The highest BCUT2D eigenvalue weighted by molar-refractivity contribution is 5.55. The van der Waals surface area contributed by atoms with Gasteiger partial charge in [-0.2, -0.15) is 4.98 Å². The maximum absolute atomic E-state index is 5.37. The van der Waals surface area contributed by atoms with Crippen molar-refractivity contribution in [1.82, 2.24) is 20.3 Å². The van der Waals surface area contributed by atoms with Gasteiger partial charge in [0.05, 0.1) is 19.2 Å². The van der Waals surface area contributed by atoms with E-state index in [0.29, 0.717) is 24.0 Å². The zero-order valence-corrected chi connectivity index (χ0v) is 13.4. The fourth-order valence-electron chi connectivity index (χ4n) is 2.39. The molecule has 0 aliphatic carbocycles. The molecule has 0 aromatic carbocycles. The van der Waals surface area contributed by atoms with E-state index in [2.05, 4.69) is 20.3 Å². The molecule has 0 N–H and O–H groups in total. The van der Waals surface area contributed by atoms with Crippen LogP contribution in [-0.4, -0.2) is 27.4 Å². The molecule has 0 aliphatic rings. The number of methoxy groups -OCH3 is 1. The molecule has 0 radical (unpaired) electrons. The lowest BCUT2D eigenvalue weighted by Gasteiger charge is -1.99. The molecule has 0 unspecified atom stereocenters. The van der Waals surface area contributed by atoms with Gasteiger partial charge in [0.1, 0.15) is 5.76 Å². The van der Waals surface area contributed by atoms with Crippen LogP contribution >= 0.6 is 0 Å². The molecule has 7 heteroatoms. The number of rotatable bonds is 6. The SMILES string of the molecule is CCc1noc(CC)c1Cc1nc(-c2ccnc(OC)c2)no1. The van der Waals surface area contributed by atoms with Gasteiger partial charge >= 0.3 is 0 Å². The fourth-order valence-corrected chi connectivity index (χ4v) is 2.39. The third kappa shape index (κ3) is 3.08. The first-order valence-corrected chi connectivity index (χ1v) is 7.54. The van der Waals surface area contributed by atoms with Crippen LogP contribution in [0.15, 0.2) is 27.4 Å². The summed E-state index contributed by atoms with van der Waals surface area (Å²) in [6, 6.07) is 3.58. The normalized spacial score (nSPS) is 10.9. The Hall–Kier alpha value is -2.70. The zero-order chi connectivity index (χ0) is 16.2. The van der Waals surface area contributed by atoms with E-state index in [1.807, 2.05) is 19.9 Å². The van der Waals surface area contributed by atoms with Crippen molar-refractivity contribution >= 4 is 0 Å². The summed E-state index contributed by atoms with van der Waals surface area (Å²) in [5.74, 6) is 2.42. The third-order valence-corrected chi connectivity index (χ3v) is 3.61. The Balaban J connectivity index is 1.86. The Kier molecular flexibility index (Phi) is 4.36. The molecule has 0 fully saturated rings. The van der Waals surface area contributed by atoms with E-state index in [-0.39, 0.29) is 0 Å². The average Bonchev–Trinajstić information content (AvgIpc) is 3.22. The lowest BCUT2D eigenvalue weighted by atomic mass is 10.1. The van der Waals surface area contributed by atoms with Crippen molar-refractivity contribution in [1.29, 1.82) is 0 Å². The van der Waals surface area contributed by atoms with E-state index in [1.165, 1.54) is 0 Å². The Bertz CT molecular complexity index is 773. The number of aromatic nitrogens is 4. The van der Waals surface area contributed by atoms with Crippen LogP contribution in [0.4, 0.5) is 0 Å². The van der Waals surface area contributed by atoms with Gasteiger partial charge in [0, 0.05) is 29.8 Å². The zero-order valence-electron chi connectivity index (χ0n) is 13.4. The van der Waals surface area contributed by atoms with E-state index in [0.717, 1.165) is 35.4 Å². The van der Waals surface area contributed by atoms with Crippen LogP contribution in [0, 0.1) is 0 Å². The lowest BCUT2D eigenvalue weighted by Crippen LogP contribution is -1.96. The molecule has 0 amide bonds. The van der Waals surface area contributed by atoms with E-state index in [1.54, 1.807) is 19.4 Å². The second-order valence-electron chi connectivity index (χ2n) is 5.01. The standard InChI is InChI=1S/C16H18N4O3/c1-4-12-11(13(5-2)22-19-12)9-15-18-16(20-23-15)10-6-7-17-14(8-10)21-3/h6-8H,4-5,9H2,1-3H3. The molecule has 23 heavy (non-hydrogen) atoms. The summed E-state index contributed by atoms with van der Waals surface area (Å²) >= 11 is 0. The van der Waals surface area contributed by atoms with Crippen LogP contribution in [0.3, 0.4) is 0 Å². The largest absolute Gasteiger partial charge is 0.481 e. The predicted molar refractivity (Wildman–Crippen MR) is 82.1 cm³/mol. The van der Waals surface area contributed by atoms with Gasteiger partial charge in [-0.3, -0.25) is 0 Å². The summed E-state index contributed by atoms with van der Waals surface area (Å²) in [7, 11) is 1.57. The van der Waals surface area contributed by atoms with Crippen LogP contribution in [0.1, 0.15) is 36.8 Å². The summed E-state index contributed by atoms with van der Waals surface area (Å²) in [6.07, 6.45) is 3.76. The highest BCUT2D eigenvalue weighted by Crippen LogP contribution is 2.22. The number of hydrogen-bond donors (Lipinski definition) is 0. The van der Waals surface area contributed by atoms with Crippen molar-refractivity contribution in [2.45, 2.75) is 33.1 Å². The highest BCUT2D eigenvalue weighted by atomic mass is 16.5. The van der Waals surface area contributed by atoms with Crippen LogP contribution in [0.2, 0.25) is 0 Å². The molecule has 3 aromatic rings. The predicted octanol–water partition coefficient (Wildman–Crippen LogP) is 2.84. The minimum Gasteiger partial charge on any atom is -0.481 e. The van der Waals surface area contributed by atoms with Crippen LogP contribution < -0.4 is 4.74 Å². The van der Waals surface area contributed by atoms with Crippen molar-refractivity contribution in [2.75, 3.05) is 7.11 Å². The van der Waals surface area contributed by atoms with Gasteiger partial charge in [-0.15, -0.1) is 0 Å². The second kappa shape index (κ2) is 6.60. The fraction of sp³-hybridized carbons (Fsp3) is 0.375. The molecule has 0 saturated carbocycles. The first-order chi connectivity index (χ1) is 11.2. The Morgan fingerprint density at radius 2 is 2.00 bits per heavy atom. The Labute approximate surface area is 133 Å². The number of ether oxygens (including phenoxy) is 1. The lowest BCUT2D eigenvalue weighted by molar-refractivity contribution is 0.375. The third-order valence-electron chi connectivity index (χ3n) is 3.61. The molecular formula is C16H18N4O3. The smallest absolute Gasteiger partial charge is 0.231 e. The summed E-state index contributed by atoms with van der Waals surface area (Å²) in [6.45, 7) is 4.08. The molecule has 0 atom stereocenters. The molecule has 3 heterocycles. The molecule has 7 nitrogen and oxygen atoms in total.